The largest absolute Gasteiger partial charge is 0.344 e. The summed E-state index contributed by atoms with van der Waals surface area (Å²) in [6.45, 7) is 5.63. The minimum Gasteiger partial charge on any atom is -0.344 e. The summed E-state index contributed by atoms with van der Waals surface area (Å²) >= 11 is 0. The van der Waals surface area contributed by atoms with Crippen LogP contribution in [-0.2, 0) is 13.0 Å². The molecule has 0 unspecified atom stereocenters. The highest BCUT2D eigenvalue weighted by Crippen LogP contribution is 2.28. The van der Waals surface area contributed by atoms with E-state index in [9.17, 15) is 0 Å². The predicted octanol–water partition coefficient (Wildman–Crippen LogP) is 3.59. The molecule has 1 aliphatic heterocycles. The Labute approximate surface area is 90.7 Å². The third-order valence-corrected chi connectivity index (χ3v) is 3.48. The van der Waals surface area contributed by atoms with Gasteiger partial charge in [-0.05, 0) is 50.8 Å². The van der Waals surface area contributed by atoms with E-state index in [0.717, 1.165) is 0 Å². The first-order chi connectivity index (χ1) is 7.25. The molecule has 1 aliphatic rings. The van der Waals surface area contributed by atoms with Crippen LogP contribution in [-0.4, -0.2) is 4.57 Å². The summed E-state index contributed by atoms with van der Waals surface area (Å²) in [7, 11) is 0. The quantitative estimate of drug-likeness (QED) is 0.611. The number of nitrogens with zero attached hydrogens (tertiary/aromatic N) is 1. The van der Waals surface area contributed by atoms with Gasteiger partial charge in [0.1, 0.15) is 0 Å². The molecule has 0 saturated carbocycles. The maximum absolute atomic E-state index is 2.52. The van der Waals surface area contributed by atoms with Crippen molar-refractivity contribution in [2.24, 2.45) is 0 Å². The number of fused-ring (bicyclic) bond motifs is 3. The lowest BCUT2D eigenvalue weighted by atomic mass is 10.1. The molecule has 15 heavy (non-hydrogen) atoms. The molecule has 0 aliphatic carbocycles. The van der Waals surface area contributed by atoms with Crippen LogP contribution in [0.2, 0.25) is 0 Å². The van der Waals surface area contributed by atoms with E-state index in [1.54, 1.807) is 0 Å². The fourth-order valence-electron chi connectivity index (χ4n) is 2.91. The van der Waals surface area contributed by atoms with Crippen molar-refractivity contribution in [3.63, 3.8) is 0 Å². The van der Waals surface area contributed by atoms with E-state index in [4.69, 9.17) is 0 Å². The van der Waals surface area contributed by atoms with Crippen LogP contribution in [0.4, 0.5) is 0 Å². The average Bonchev–Trinajstić information content (AvgIpc) is 2.54. The third-order valence-electron chi connectivity index (χ3n) is 3.48. The molecule has 0 radical (unpaired) electrons. The fraction of sp³-hybridized carbons (Fsp3) is 0.429. The van der Waals surface area contributed by atoms with Crippen LogP contribution < -0.4 is 0 Å². The Kier molecular flexibility index (Phi) is 1.88. The molecule has 0 amide bonds. The van der Waals surface area contributed by atoms with Gasteiger partial charge in [-0.25, -0.2) is 0 Å². The van der Waals surface area contributed by atoms with Crippen molar-refractivity contribution in [2.45, 2.75) is 39.7 Å². The zero-order valence-electron chi connectivity index (χ0n) is 9.51. The van der Waals surface area contributed by atoms with Gasteiger partial charge in [0.05, 0.1) is 5.52 Å². The maximum Gasteiger partial charge on any atom is 0.0512 e. The molecule has 78 valence electrons. The van der Waals surface area contributed by atoms with Gasteiger partial charge in [-0.15, -0.1) is 0 Å². The summed E-state index contributed by atoms with van der Waals surface area (Å²) in [5.41, 5.74) is 5.81. The summed E-state index contributed by atoms with van der Waals surface area (Å²) < 4.78 is 2.52. The van der Waals surface area contributed by atoms with Crippen LogP contribution in [0.15, 0.2) is 18.2 Å². The van der Waals surface area contributed by atoms with Crippen LogP contribution in [0, 0.1) is 13.8 Å². The van der Waals surface area contributed by atoms with Gasteiger partial charge in [-0.1, -0.05) is 11.6 Å². The summed E-state index contributed by atoms with van der Waals surface area (Å²) in [6, 6.07) is 6.99. The second-order valence-electron chi connectivity index (χ2n) is 4.76. The van der Waals surface area contributed by atoms with E-state index in [2.05, 4.69) is 36.6 Å². The lowest BCUT2D eigenvalue weighted by Gasteiger charge is -2.16. The number of rotatable bonds is 0. The Morgan fingerprint density at radius 3 is 2.80 bits per heavy atom. The molecule has 0 spiro atoms. The normalized spacial score (nSPS) is 15.6. The Bertz CT molecular complexity index is 520. The Balaban J connectivity index is 2.37. The molecule has 1 aromatic carbocycles. The minimum absolute atomic E-state index is 1.21. The van der Waals surface area contributed by atoms with Crippen LogP contribution in [0.5, 0.6) is 0 Å². The van der Waals surface area contributed by atoms with Crippen LogP contribution in [0.1, 0.15) is 29.7 Å². The molecule has 1 nitrogen and oxygen atoms in total. The second kappa shape index (κ2) is 3.13. The first kappa shape index (κ1) is 9.02. The van der Waals surface area contributed by atoms with Crippen LogP contribution in [0.3, 0.4) is 0 Å². The van der Waals surface area contributed by atoms with E-state index in [-0.39, 0.29) is 0 Å². The lowest BCUT2D eigenvalue weighted by molar-refractivity contribution is 0.544. The van der Waals surface area contributed by atoms with Gasteiger partial charge in [-0.2, -0.15) is 0 Å². The van der Waals surface area contributed by atoms with Gasteiger partial charge < -0.3 is 4.57 Å². The fourth-order valence-corrected chi connectivity index (χ4v) is 2.91. The van der Waals surface area contributed by atoms with Crippen LogP contribution >= 0.6 is 0 Å². The first-order valence-electron chi connectivity index (χ1n) is 5.85. The summed E-state index contributed by atoms with van der Waals surface area (Å²) in [6.07, 6.45) is 3.95. The van der Waals surface area contributed by atoms with Gasteiger partial charge in [0.15, 0.2) is 0 Å². The van der Waals surface area contributed by atoms with Crippen molar-refractivity contribution in [1.82, 2.24) is 4.57 Å². The highest BCUT2D eigenvalue weighted by Gasteiger charge is 2.14. The molecule has 1 heteroatoms. The van der Waals surface area contributed by atoms with Gasteiger partial charge >= 0.3 is 0 Å². The molecule has 0 fully saturated rings. The third kappa shape index (κ3) is 1.30. The van der Waals surface area contributed by atoms with Gasteiger partial charge in [-0.3, -0.25) is 0 Å². The minimum atomic E-state index is 1.21. The summed E-state index contributed by atoms with van der Waals surface area (Å²) in [5, 5.41) is 1.43. The lowest BCUT2D eigenvalue weighted by Crippen LogP contribution is -2.09. The van der Waals surface area contributed by atoms with Gasteiger partial charge in [0, 0.05) is 17.6 Å². The number of hydrogen-bond donors (Lipinski definition) is 0. The summed E-state index contributed by atoms with van der Waals surface area (Å²) in [5.74, 6) is 0. The molecule has 2 heterocycles. The molecule has 0 bridgehead atoms. The van der Waals surface area contributed by atoms with Crippen molar-refractivity contribution in [1.29, 1.82) is 0 Å². The Morgan fingerprint density at radius 2 is 1.93 bits per heavy atom. The number of aryl methyl sites for hydroxylation is 4. The number of hydrogen-bond acceptors (Lipinski definition) is 0. The van der Waals surface area contributed by atoms with E-state index >= 15 is 0 Å². The van der Waals surface area contributed by atoms with E-state index in [1.807, 2.05) is 0 Å². The van der Waals surface area contributed by atoms with Crippen molar-refractivity contribution in [3.05, 3.63) is 35.0 Å². The molecule has 0 atom stereocenters. The van der Waals surface area contributed by atoms with Crippen LogP contribution in [0.25, 0.3) is 10.9 Å². The monoisotopic (exact) mass is 199 g/mol. The van der Waals surface area contributed by atoms with Crippen molar-refractivity contribution < 1.29 is 0 Å². The van der Waals surface area contributed by atoms with Crippen molar-refractivity contribution in [3.8, 4) is 0 Å². The van der Waals surface area contributed by atoms with Gasteiger partial charge in [0.25, 0.3) is 0 Å². The Morgan fingerprint density at radius 1 is 1.07 bits per heavy atom. The maximum atomic E-state index is 2.52. The van der Waals surface area contributed by atoms with E-state index in [0.29, 0.717) is 0 Å². The zero-order valence-corrected chi connectivity index (χ0v) is 9.51. The zero-order chi connectivity index (χ0) is 10.4. The molecule has 2 aromatic rings. The molecule has 1 aromatic heterocycles. The van der Waals surface area contributed by atoms with Crippen molar-refractivity contribution >= 4 is 10.9 Å². The smallest absolute Gasteiger partial charge is 0.0512 e. The van der Waals surface area contributed by atoms with Crippen molar-refractivity contribution in [2.75, 3.05) is 0 Å². The first-order valence-corrected chi connectivity index (χ1v) is 5.85. The molecular weight excluding hydrogens is 182 g/mol. The highest BCUT2D eigenvalue weighted by molar-refractivity contribution is 5.85. The topological polar surface area (TPSA) is 4.93 Å². The molecule has 3 rings (SSSR count). The molecule has 0 saturated heterocycles. The van der Waals surface area contributed by atoms with E-state index < -0.39 is 0 Å². The standard InChI is InChI=1S/C14H17N/c1-10-7-11(2)14-12(8-10)9-13-5-3-4-6-15(13)14/h7-9H,3-6H2,1-2H3. The second-order valence-corrected chi connectivity index (χ2v) is 4.76. The van der Waals surface area contributed by atoms with Gasteiger partial charge in [0.2, 0.25) is 0 Å². The number of benzene rings is 1. The molecular formula is C14H17N. The van der Waals surface area contributed by atoms with E-state index in [1.165, 1.54) is 53.5 Å². The Hall–Kier alpha value is -1.24. The highest BCUT2D eigenvalue weighted by atomic mass is 15.0. The molecule has 0 N–H and O–H groups in total. The summed E-state index contributed by atoms with van der Waals surface area (Å²) in [4.78, 5) is 0. The average molecular weight is 199 g/mol. The predicted molar refractivity (Wildman–Crippen MR) is 64.4 cm³/mol. The SMILES string of the molecule is Cc1cc(C)c2c(c1)cc1n2CCCC1. The number of aromatic nitrogens is 1.